The van der Waals surface area contributed by atoms with E-state index >= 15 is 0 Å². The Hall–Kier alpha value is -4.58. The molecule has 0 saturated carbocycles. The standard InChI is InChI=1S/C24H20N8O/c1-3-18-22(33-14-28-18)21-20(16-8-6-7-15(11-16)13-25)30-23(26-2)24-29-19(31-32(21)24)12-17-9-4-5-10-27-17/h4-11,14H,3,12H2,1-2H3,(H,26,30). The summed E-state index contributed by atoms with van der Waals surface area (Å²) in [5, 5.41) is 17.4. The summed E-state index contributed by atoms with van der Waals surface area (Å²) in [5.41, 5.74) is 4.77. The Bertz CT molecular complexity index is 1480. The number of aromatic nitrogens is 6. The lowest BCUT2D eigenvalue weighted by molar-refractivity contribution is 0.566. The number of rotatable bonds is 6. The summed E-state index contributed by atoms with van der Waals surface area (Å²) in [7, 11) is 1.79. The van der Waals surface area contributed by atoms with E-state index < -0.39 is 0 Å². The number of oxazole rings is 1. The predicted octanol–water partition coefficient (Wildman–Crippen LogP) is 3.91. The van der Waals surface area contributed by atoms with E-state index in [0.29, 0.717) is 52.8 Å². The zero-order valence-electron chi connectivity index (χ0n) is 18.1. The summed E-state index contributed by atoms with van der Waals surface area (Å²) in [6.07, 6.45) is 4.32. The van der Waals surface area contributed by atoms with Crippen molar-refractivity contribution >= 4 is 11.5 Å². The van der Waals surface area contributed by atoms with E-state index in [-0.39, 0.29) is 0 Å². The smallest absolute Gasteiger partial charge is 0.199 e. The second-order valence-electron chi connectivity index (χ2n) is 7.34. The second-order valence-corrected chi connectivity index (χ2v) is 7.34. The quantitative estimate of drug-likeness (QED) is 0.426. The van der Waals surface area contributed by atoms with Crippen molar-refractivity contribution in [1.82, 2.24) is 29.5 Å². The van der Waals surface area contributed by atoms with Gasteiger partial charge in [0.2, 0.25) is 0 Å². The molecule has 1 aromatic carbocycles. The lowest BCUT2D eigenvalue weighted by atomic mass is 10.0. The van der Waals surface area contributed by atoms with E-state index in [4.69, 9.17) is 19.5 Å². The number of hydrogen-bond acceptors (Lipinski definition) is 8. The summed E-state index contributed by atoms with van der Waals surface area (Å²) in [5.74, 6) is 1.74. The van der Waals surface area contributed by atoms with Crippen LogP contribution < -0.4 is 5.32 Å². The van der Waals surface area contributed by atoms with Crippen molar-refractivity contribution < 1.29 is 4.42 Å². The molecular weight excluding hydrogens is 416 g/mol. The monoisotopic (exact) mass is 436 g/mol. The number of benzene rings is 1. The third-order valence-electron chi connectivity index (χ3n) is 5.28. The van der Waals surface area contributed by atoms with Crippen LogP contribution >= 0.6 is 0 Å². The van der Waals surface area contributed by atoms with Crippen LogP contribution in [0.15, 0.2) is 59.5 Å². The fourth-order valence-electron chi connectivity index (χ4n) is 3.74. The van der Waals surface area contributed by atoms with Crippen LogP contribution in [0.25, 0.3) is 28.4 Å². The molecule has 4 aromatic heterocycles. The molecule has 0 bridgehead atoms. The Kier molecular flexibility index (Phi) is 5.24. The fraction of sp³-hybridized carbons (Fsp3) is 0.167. The molecule has 0 aliphatic heterocycles. The Labute approximate surface area is 189 Å². The highest BCUT2D eigenvalue weighted by Crippen LogP contribution is 2.35. The molecule has 9 nitrogen and oxygen atoms in total. The van der Waals surface area contributed by atoms with Gasteiger partial charge in [-0.1, -0.05) is 25.1 Å². The van der Waals surface area contributed by atoms with E-state index in [1.165, 1.54) is 6.39 Å². The van der Waals surface area contributed by atoms with Crippen LogP contribution in [0.5, 0.6) is 0 Å². The second kappa shape index (κ2) is 8.51. The van der Waals surface area contributed by atoms with Gasteiger partial charge in [0.1, 0.15) is 11.4 Å². The number of pyridine rings is 1. The normalized spacial score (nSPS) is 10.9. The lowest BCUT2D eigenvalue weighted by Gasteiger charge is -2.12. The van der Waals surface area contributed by atoms with E-state index in [1.807, 2.05) is 37.3 Å². The topological polar surface area (TPSA) is 118 Å². The van der Waals surface area contributed by atoms with Crippen LogP contribution in [-0.2, 0) is 12.8 Å². The summed E-state index contributed by atoms with van der Waals surface area (Å²) in [6, 6.07) is 15.2. The molecular formula is C24H20N8O. The lowest BCUT2D eigenvalue weighted by Crippen LogP contribution is -2.06. The Morgan fingerprint density at radius 2 is 2.03 bits per heavy atom. The highest BCUT2D eigenvalue weighted by molar-refractivity contribution is 5.82. The molecule has 0 atom stereocenters. The average molecular weight is 436 g/mol. The van der Waals surface area contributed by atoms with E-state index in [9.17, 15) is 5.26 Å². The molecule has 0 unspecified atom stereocenters. The minimum Gasteiger partial charge on any atom is -0.441 e. The summed E-state index contributed by atoms with van der Waals surface area (Å²) >= 11 is 0. The Morgan fingerprint density at radius 3 is 2.79 bits per heavy atom. The molecule has 9 heteroatoms. The summed E-state index contributed by atoms with van der Waals surface area (Å²) < 4.78 is 7.57. The maximum Gasteiger partial charge on any atom is 0.199 e. The van der Waals surface area contributed by atoms with Gasteiger partial charge in [-0.05, 0) is 30.7 Å². The number of anilines is 1. The first-order valence-corrected chi connectivity index (χ1v) is 10.5. The van der Waals surface area contributed by atoms with E-state index in [2.05, 4.69) is 21.4 Å². The third-order valence-corrected chi connectivity index (χ3v) is 5.28. The van der Waals surface area contributed by atoms with Gasteiger partial charge in [0.05, 0.1) is 23.7 Å². The van der Waals surface area contributed by atoms with Crippen LogP contribution in [0.3, 0.4) is 0 Å². The number of nitrogens with zero attached hydrogens (tertiary/aromatic N) is 7. The number of nitrogens with one attached hydrogen (secondary N) is 1. The van der Waals surface area contributed by atoms with Crippen molar-refractivity contribution in [2.24, 2.45) is 0 Å². The molecule has 0 radical (unpaired) electrons. The molecule has 33 heavy (non-hydrogen) atoms. The minimum absolute atomic E-state index is 0.474. The molecule has 0 spiro atoms. The Balaban J connectivity index is 1.80. The van der Waals surface area contributed by atoms with Crippen LogP contribution in [-0.4, -0.2) is 36.6 Å². The molecule has 0 aliphatic rings. The van der Waals surface area contributed by atoms with Crippen LogP contribution in [0.4, 0.5) is 5.82 Å². The van der Waals surface area contributed by atoms with Gasteiger partial charge in [-0.25, -0.2) is 19.5 Å². The van der Waals surface area contributed by atoms with E-state index in [1.54, 1.807) is 29.9 Å². The molecule has 5 aromatic rings. The molecule has 5 rings (SSSR count). The zero-order valence-corrected chi connectivity index (χ0v) is 18.1. The van der Waals surface area contributed by atoms with Crippen molar-refractivity contribution in [2.45, 2.75) is 19.8 Å². The van der Waals surface area contributed by atoms with Crippen molar-refractivity contribution in [3.63, 3.8) is 0 Å². The summed E-state index contributed by atoms with van der Waals surface area (Å²) in [6.45, 7) is 2.01. The number of hydrogen-bond donors (Lipinski definition) is 1. The fourth-order valence-corrected chi connectivity index (χ4v) is 3.74. The van der Waals surface area contributed by atoms with Gasteiger partial charge in [0.15, 0.2) is 29.4 Å². The van der Waals surface area contributed by atoms with E-state index in [0.717, 1.165) is 17.0 Å². The molecule has 0 fully saturated rings. The number of aryl methyl sites for hydroxylation is 1. The predicted molar refractivity (Wildman–Crippen MR) is 122 cm³/mol. The van der Waals surface area contributed by atoms with Gasteiger partial charge in [-0.3, -0.25) is 4.98 Å². The van der Waals surface area contributed by atoms with Crippen LogP contribution in [0.1, 0.15) is 29.7 Å². The minimum atomic E-state index is 0.474. The van der Waals surface area contributed by atoms with Gasteiger partial charge in [0.25, 0.3) is 0 Å². The maximum absolute atomic E-state index is 9.42. The first kappa shape index (κ1) is 20.3. The molecule has 1 N–H and O–H groups in total. The largest absolute Gasteiger partial charge is 0.441 e. The molecule has 0 aliphatic carbocycles. The third kappa shape index (κ3) is 3.68. The van der Waals surface area contributed by atoms with Crippen LogP contribution in [0, 0.1) is 11.3 Å². The van der Waals surface area contributed by atoms with Gasteiger partial charge in [-0.2, -0.15) is 5.26 Å². The van der Waals surface area contributed by atoms with Gasteiger partial charge < -0.3 is 9.73 Å². The number of fused-ring (bicyclic) bond motifs is 1. The zero-order chi connectivity index (χ0) is 22.8. The summed E-state index contributed by atoms with van der Waals surface area (Å²) in [4.78, 5) is 18.4. The van der Waals surface area contributed by atoms with Gasteiger partial charge in [0, 0.05) is 24.5 Å². The highest BCUT2D eigenvalue weighted by atomic mass is 16.3. The maximum atomic E-state index is 9.42. The first-order valence-electron chi connectivity index (χ1n) is 10.5. The Morgan fingerprint density at radius 1 is 1.12 bits per heavy atom. The molecule has 0 saturated heterocycles. The first-order chi connectivity index (χ1) is 16.2. The van der Waals surface area contributed by atoms with Gasteiger partial charge in [-0.15, -0.1) is 5.10 Å². The van der Waals surface area contributed by atoms with Crippen molar-refractivity contribution in [1.29, 1.82) is 5.26 Å². The van der Waals surface area contributed by atoms with Crippen molar-refractivity contribution in [2.75, 3.05) is 12.4 Å². The van der Waals surface area contributed by atoms with Gasteiger partial charge >= 0.3 is 0 Å². The van der Waals surface area contributed by atoms with Crippen LogP contribution in [0.2, 0.25) is 0 Å². The molecule has 162 valence electrons. The van der Waals surface area contributed by atoms with Crippen molar-refractivity contribution in [3.8, 4) is 28.8 Å². The number of nitriles is 1. The SMILES string of the molecule is CCc1ncoc1-c1c(-c2cccc(C#N)c2)nc(NC)c2nc(Cc3ccccn3)nn12. The van der Waals surface area contributed by atoms with Crippen molar-refractivity contribution in [3.05, 3.63) is 77.8 Å². The highest BCUT2D eigenvalue weighted by Gasteiger charge is 2.25. The molecule has 4 heterocycles. The molecule has 0 amide bonds. The average Bonchev–Trinajstić information content (AvgIpc) is 3.50.